The van der Waals surface area contributed by atoms with Crippen LogP contribution in [-0.2, 0) is 17.6 Å². The van der Waals surface area contributed by atoms with Crippen LogP contribution in [0.3, 0.4) is 0 Å². The molecule has 1 amide bonds. The van der Waals surface area contributed by atoms with E-state index in [-0.39, 0.29) is 18.4 Å². The minimum absolute atomic E-state index is 0.0216. The number of fused-ring (bicyclic) bond motifs is 1. The van der Waals surface area contributed by atoms with Gasteiger partial charge in [-0.2, -0.15) is 0 Å². The van der Waals surface area contributed by atoms with E-state index in [4.69, 9.17) is 9.26 Å². The topological polar surface area (TPSA) is 64.4 Å². The highest BCUT2D eigenvalue weighted by Gasteiger charge is 2.20. The molecule has 0 fully saturated rings. The van der Waals surface area contributed by atoms with E-state index in [9.17, 15) is 4.79 Å². The predicted molar refractivity (Wildman–Crippen MR) is 91.9 cm³/mol. The number of benzene rings is 1. The van der Waals surface area contributed by atoms with Crippen LogP contribution in [0.5, 0.6) is 5.75 Å². The average Bonchev–Trinajstić information content (AvgIpc) is 3.11. The van der Waals surface area contributed by atoms with E-state index in [1.165, 1.54) is 5.56 Å². The van der Waals surface area contributed by atoms with Gasteiger partial charge in [-0.15, -0.1) is 0 Å². The van der Waals surface area contributed by atoms with Gasteiger partial charge in [0.2, 0.25) is 5.91 Å². The quantitative estimate of drug-likeness (QED) is 0.883. The Balaban J connectivity index is 1.62. The van der Waals surface area contributed by atoms with Crippen LogP contribution in [0.2, 0.25) is 0 Å². The zero-order chi connectivity index (χ0) is 17.1. The molecule has 5 heteroatoms. The second-order valence-corrected chi connectivity index (χ2v) is 6.85. The highest BCUT2D eigenvalue weighted by Crippen LogP contribution is 2.33. The van der Waals surface area contributed by atoms with Crippen LogP contribution in [0.25, 0.3) is 11.3 Å². The number of carbonyl (C=O) groups is 1. The van der Waals surface area contributed by atoms with Crippen molar-refractivity contribution in [1.29, 1.82) is 0 Å². The Morgan fingerprint density at radius 1 is 1.38 bits per heavy atom. The summed E-state index contributed by atoms with van der Waals surface area (Å²) >= 11 is 0. The third-order valence-corrected chi connectivity index (χ3v) is 4.13. The lowest BCUT2D eigenvalue weighted by Crippen LogP contribution is -2.26. The maximum atomic E-state index is 11.9. The van der Waals surface area contributed by atoms with Crippen molar-refractivity contribution in [3.63, 3.8) is 0 Å². The second-order valence-electron chi connectivity index (χ2n) is 6.85. The molecule has 0 spiro atoms. The summed E-state index contributed by atoms with van der Waals surface area (Å²) < 4.78 is 11.1. The smallest absolute Gasteiger partial charge is 0.226 e. The van der Waals surface area contributed by atoms with Gasteiger partial charge in [0.05, 0.1) is 12.1 Å². The van der Waals surface area contributed by atoms with Gasteiger partial charge in [0.25, 0.3) is 0 Å². The Kier molecular flexibility index (Phi) is 4.88. The molecule has 1 aliphatic heterocycles. The van der Waals surface area contributed by atoms with E-state index in [0.717, 1.165) is 24.2 Å². The number of hydrogen-bond acceptors (Lipinski definition) is 4. The fourth-order valence-corrected chi connectivity index (χ4v) is 2.83. The number of hydrogen-bond donors (Lipinski definition) is 1. The summed E-state index contributed by atoms with van der Waals surface area (Å²) in [7, 11) is 0. The molecule has 0 bridgehead atoms. The number of carbonyl (C=O) groups excluding carboxylic acids is 1. The fraction of sp³-hybridized carbons (Fsp3) is 0.474. The van der Waals surface area contributed by atoms with E-state index in [1.54, 1.807) is 0 Å². The van der Waals surface area contributed by atoms with Gasteiger partial charge >= 0.3 is 0 Å². The summed E-state index contributed by atoms with van der Waals surface area (Å²) in [6.45, 7) is 7.03. The SMILES string of the molecule is CC(C)CCNC(=O)Cc1cc(-c2ccc3c(c2)CC(C)O3)on1. The highest BCUT2D eigenvalue weighted by atomic mass is 16.5. The first-order chi connectivity index (χ1) is 11.5. The molecule has 0 aliphatic carbocycles. The monoisotopic (exact) mass is 328 g/mol. The van der Waals surface area contributed by atoms with Gasteiger partial charge in [0, 0.05) is 24.6 Å². The van der Waals surface area contributed by atoms with Crippen molar-refractivity contribution in [1.82, 2.24) is 10.5 Å². The lowest BCUT2D eigenvalue weighted by atomic mass is 10.1. The minimum atomic E-state index is -0.0216. The molecule has 128 valence electrons. The van der Waals surface area contributed by atoms with Crippen LogP contribution in [0.4, 0.5) is 0 Å². The van der Waals surface area contributed by atoms with Crippen LogP contribution in [-0.4, -0.2) is 23.7 Å². The first-order valence-electron chi connectivity index (χ1n) is 8.53. The van der Waals surface area contributed by atoms with Crippen molar-refractivity contribution in [2.45, 2.75) is 46.1 Å². The number of nitrogens with one attached hydrogen (secondary N) is 1. The van der Waals surface area contributed by atoms with E-state index < -0.39 is 0 Å². The summed E-state index contributed by atoms with van der Waals surface area (Å²) in [4.78, 5) is 11.9. The summed E-state index contributed by atoms with van der Waals surface area (Å²) in [5.74, 6) is 2.18. The number of aromatic nitrogens is 1. The Morgan fingerprint density at radius 2 is 2.21 bits per heavy atom. The third-order valence-electron chi connectivity index (χ3n) is 4.13. The van der Waals surface area contributed by atoms with Gasteiger partial charge in [0.15, 0.2) is 5.76 Å². The molecule has 2 aromatic rings. The molecule has 1 aromatic carbocycles. The second kappa shape index (κ2) is 7.07. The fourth-order valence-electron chi connectivity index (χ4n) is 2.83. The normalized spacial score (nSPS) is 16.1. The molecule has 1 aromatic heterocycles. The number of ether oxygens (including phenoxy) is 1. The van der Waals surface area contributed by atoms with Crippen LogP contribution < -0.4 is 10.1 Å². The highest BCUT2D eigenvalue weighted by molar-refractivity contribution is 5.78. The lowest BCUT2D eigenvalue weighted by Gasteiger charge is -2.05. The Hall–Kier alpha value is -2.30. The van der Waals surface area contributed by atoms with Crippen molar-refractivity contribution in [2.24, 2.45) is 5.92 Å². The summed E-state index contributed by atoms with van der Waals surface area (Å²) in [6, 6.07) is 7.84. The van der Waals surface area contributed by atoms with Crippen molar-refractivity contribution < 1.29 is 14.1 Å². The zero-order valence-electron chi connectivity index (χ0n) is 14.5. The van der Waals surface area contributed by atoms with Crippen LogP contribution in [0.1, 0.15) is 38.4 Å². The predicted octanol–water partition coefficient (Wildman–Crippen LogP) is 3.37. The summed E-state index contributed by atoms with van der Waals surface area (Å²) in [6.07, 6.45) is 2.34. The molecule has 3 rings (SSSR count). The van der Waals surface area contributed by atoms with Crippen molar-refractivity contribution in [2.75, 3.05) is 6.54 Å². The zero-order valence-corrected chi connectivity index (χ0v) is 14.5. The molecule has 1 N–H and O–H groups in total. The van der Waals surface area contributed by atoms with Crippen LogP contribution in [0, 0.1) is 5.92 Å². The molecule has 0 saturated heterocycles. The number of amides is 1. The van der Waals surface area contributed by atoms with E-state index in [2.05, 4.69) is 37.3 Å². The van der Waals surface area contributed by atoms with Gasteiger partial charge in [-0.25, -0.2) is 0 Å². The van der Waals surface area contributed by atoms with Crippen molar-refractivity contribution in [3.05, 3.63) is 35.5 Å². The largest absolute Gasteiger partial charge is 0.490 e. The number of rotatable bonds is 6. The Bertz CT molecular complexity index is 721. The molecule has 0 saturated carbocycles. The molecular formula is C19H24N2O3. The Morgan fingerprint density at radius 3 is 3.00 bits per heavy atom. The molecule has 1 atom stereocenters. The van der Waals surface area contributed by atoms with Gasteiger partial charge in [-0.3, -0.25) is 4.79 Å². The number of nitrogens with zero attached hydrogens (tertiary/aromatic N) is 1. The Labute approximate surface area is 142 Å². The van der Waals surface area contributed by atoms with Crippen molar-refractivity contribution in [3.8, 4) is 17.1 Å². The first-order valence-corrected chi connectivity index (χ1v) is 8.53. The maximum absolute atomic E-state index is 11.9. The molecule has 1 aliphatic rings. The standard InChI is InChI=1S/C19H24N2O3/c1-12(2)6-7-20-19(22)11-16-10-18(24-21-16)14-4-5-17-15(9-14)8-13(3)23-17/h4-5,9-10,12-13H,6-8,11H2,1-3H3,(H,20,22). The van der Waals surface area contributed by atoms with Crippen LogP contribution >= 0.6 is 0 Å². The minimum Gasteiger partial charge on any atom is -0.490 e. The molecular weight excluding hydrogens is 304 g/mol. The summed E-state index contributed by atoms with van der Waals surface area (Å²) in [5.41, 5.74) is 2.80. The van der Waals surface area contributed by atoms with E-state index in [1.807, 2.05) is 18.2 Å². The lowest BCUT2D eigenvalue weighted by molar-refractivity contribution is -0.120. The maximum Gasteiger partial charge on any atom is 0.226 e. The van der Waals surface area contributed by atoms with Crippen LogP contribution in [0.15, 0.2) is 28.8 Å². The first kappa shape index (κ1) is 16.6. The van der Waals surface area contributed by atoms with E-state index in [0.29, 0.717) is 23.9 Å². The molecule has 24 heavy (non-hydrogen) atoms. The third kappa shape index (κ3) is 3.96. The molecule has 0 radical (unpaired) electrons. The van der Waals surface area contributed by atoms with Gasteiger partial charge in [-0.05, 0) is 43.0 Å². The van der Waals surface area contributed by atoms with Gasteiger partial charge in [0.1, 0.15) is 11.9 Å². The molecule has 2 heterocycles. The average molecular weight is 328 g/mol. The molecule has 5 nitrogen and oxygen atoms in total. The van der Waals surface area contributed by atoms with Gasteiger partial charge in [-0.1, -0.05) is 19.0 Å². The van der Waals surface area contributed by atoms with Crippen molar-refractivity contribution >= 4 is 5.91 Å². The molecule has 1 unspecified atom stereocenters. The van der Waals surface area contributed by atoms with E-state index >= 15 is 0 Å². The summed E-state index contributed by atoms with van der Waals surface area (Å²) in [5, 5.41) is 6.93. The van der Waals surface area contributed by atoms with Gasteiger partial charge < -0.3 is 14.6 Å².